The highest BCUT2D eigenvalue weighted by atomic mass is 35.5. The van der Waals surface area contributed by atoms with Crippen LogP contribution < -0.4 is 5.32 Å². The van der Waals surface area contributed by atoms with Crippen LogP contribution >= 0.6 is 22.9 Å². The number of aromatic nitrogens is 2. The van der Waals surface area contributed by atoms with Gasteiger partial charge in [0, 0.05) is 28.9 Å². The van der Waals surface area contributed by atoms with Gasteiger partial charge in [0.2, 0.25) is 0 Å². The molecule has 1 fully saturated rings. The summed E-state index contributed by atoms with van der Waals surface area (Å²) < 4.78 is 0. The first-order valence-electron chi connectivity index (χ1n) is 8.47. The summed E-state index contributed by atoms with van der Waals surface area (Å²) in [6.07, 6.45) is 5.07. The molecule has 2 aromatic heterocycles. The molecule has 25 heavy (non-hydrogen) atoms. The number of nitrogens with one attached hydrogen (secondary N) is 1. The topological polar surface area (TPSA) is 78.3 Å². The first-order valence-corrected chi connectivity index (χ1v) is 9.73. The Morgan fingerprint density at radius 1 is 1.36 bits per heavy atom. The quantitative estimate of drug-likeness (QED) is 0.692. The molecule has 2 heterocycles. The minimum absolute atomic E-state index is 0.282. The summed E-state index contributed by atoms with van der Waals surface area (Å²) >= 11 is 7.52. The maximum atomic E-state index is 10.1. The third kappa shape index (κ3) is 4.50. The van der Waals surface area contributed by atoms with Crippen molar-refractivity contribution in [2.75, 3.05) is 5.32 Å². The fourth-order valence-corrected chi connectivity index (χ4v) is 4.04. The van der Waals surface area contributed by atoms with Gasteiger partial charge in [-0.3, -0.25) is 0 Å². The molecule has 0 saturated heterocycles. The van der Waals surface area contributed by atoms with E-state index in [4.69, 9.17) is 11.6 Å². The lowest BCUT2D eigenvalue weighted by Gasteiger charge is -2.34. The van der Waals surface area contributed by atoms with Gasteiger partial charge in [-0.15, -0.1) is 11.3 Å². The van der Waals surface area contributed by atoms with Gasteiger partial charge in [0.15, 0.2) is 0 Å². The Bertz CT molecular complexity index is 745. The average Bonchev–Trinajstić information content (AvgIpc) is 2.99. The van der Waals surface area contributed by atoms with Gasteiger partial charge >= 0.3 is 0 Å². The zero-order valence-corrected chi connectivity index (χ0v) is 16.3. The van der Waals surface area contributed by atoms with Crippen molar-refractivity contribution in [1.82, 2.24) is 9.97 Å². The van der Waals surface area contributed by atoms with Gasteiger partial charge in [0.05, 0.1) is 11.3 Å². The van der Waals surface area contributed by atoms with Crippen molar-refractivity contribution in [3.8, 4) is 11.3 Å². The van der Waals surface area contributed by atoms with Crippen molar-refractivity contribution in [2.24, 2.45) is 0 Å². The summed E-state index contributed by atoms with van der Waals surface area (Å²) in [7, 11) is 0. The van der Waals surface area contributed by atoms with Crippen molar-refractivity contribution in [3.63, 3.8) is 0 Å². The van der Waals surface area contributed by atoms with E-state index in [1.165, 1.54) is 11.3 Å². The Balaban J connectivity index is 1.85. The normalized spacial score (nSPS) is 24.3. The standard InChI is InChI=1S/C18H24ClN3O2S/c1-17(2,23)16-22-14(10-25-16)12-9-20-15(19)8-13(12)21-11-4-6-18(3,24)7-5-11/h8-11,23-24H,4-7H2,1-3H3,(H,20,21). The van der Waals surface area contributed by atoms with Gasteiger partial charge in [-0.2, -0.15) is 0 Å². The molecule has 136 valence electrons. The molecular weight excluding hydrogens is 358 g/mol. The Hall–Kier alpha value is -1.21. The SMILES string of the molecule is CC1(O)CCC(Nc2cc(Cl)ncc2-c2csc(C(C)(C)O)n2)CC1. The largest absolute Gasteiger partial charge is 0.390 e. The number of rotatable bonds is 4. The van der Waals surface area contributed by atoms with Crippen molar-refractivity contribution >= 4 is 28.6 Å². The second-order valence-electron chi connectivity index (χ2n) is 7.57. The van der Waals surface area contributed by atoms with E-state index in [-0.39, 0.29) is 6.04 Å². The summed E-state index contributed by atoms with van der Waals surface area (Å²) in [5.74, 6) is 0. The molecule has 3 rings (SSSR count). The zero-order valence-electron chi connectivity index (χ0n) is 14.7. The van der Waals surface area contributed by atoms with E-state index in [1.807, 2.05) is 18.4 Å². The summed E-state index contributed by atoms with van der Waals surface area (Å²) in [4.78, 5) is 8.76. The van der Waals surface area contributed by atoms with E-state index < -0.39 is 11.2 Å². The lowest BCUT2D eigenvalue weighted by Crippen LogP contribution is -2.35. The molecule has 1 aliphatic rings. The predicted octanol–water partition coefficient (Wildman–Crippen LogP) is 4.19. The number of thiazole rings is 1. The molecule has 7 heteroatoms. The number of hydrogen-bond acceptors (Lipinski definition) is 6. The zero-order chi connectivity index (χ0) is 18.2. The Morgan fingerprint density at radius 2 is 2.04 bits per heavy atom. The van der Waals surface area contributed by atoms with Crippen molar-refractivity contribution in [3.05, 3.63) is 27.8 Å². The number of anilines is 1. The van der Waals surface area contributed by atoms with Crippen LogP contribution in [0.2, 0.25) is 5.15 Å². The van der Waals surface area contributed by atoms with Crippen LogP contribution in [0.5, 0.6) is 0 Å². The summed E-state index contributed by atoms with van der Waals surface area (Å²) in [6, 6.07) is 2.09. The maximum absolute atomic E-state index is 10.1. The van der Waals surface area contributed by atoms with Gasteiger partial charge in [0.25, 0.3) is 0 Å². The number of aliphatic hydroxyl groups is 2. The van der Waals surface area contributed by atoms with Gasteiger partial charge in [-0.05, 0) is 52.5 Å². The number of nitrogens with zero attached hydrogens (tertiary/aromatic N) is 2. The third-order valence-electron chi connectivity index (χ3n) is 4.60. The first-order chi connectivity index (χ1) is 11.6. The molecular formula is C18H24ClN3O2S. The van der Waals surface area contributed by atoms with E-state index in [0.717, 1.165) is 42.6 Å². The third-order valence-corrected chi connectivity index (χ3v) is 5.96. The molecule has 3 N–H and O–H groups in total. The highest BCUT2D eigenvalue weighted by Gasteiger charge is 2.29. The van der Waals surface area contributed by atoms with Crippen LogP contribution in [-0.2, 0) is 5.60 Å². The van der Waals surface area contributed by atoms with Gasteiger partial charge < -0.3 is 15.5 Å². The van der Waals surface area contributed by atoms with Crippen LogP contribution in [0.4, 0.5) is 5.69 Å². The van der Waals surface area contributed by atoms with Crippen molar-refractivity contribution in [1.29, 1.82) is 0 Å². The lowest BCUT2D eigenvalue weighted by molar-refractivity contribution is 0.0196. The van der Waals surface area contributed by atoms with Crippen LogP contribution in [-0.4, -0.2) is 31.8 Å². The molecule has 0 aliphatic heterocycles. The number of hydrogen-bond donors (Lipinski definition) is 3. The van der Waals surface area contributed by atoms with Crippen LogP contribution in [0.25, 0.3) is 11.3 Å². The molecule has 5 nitrogen and oxygen atoms in total. The molecule has 0 amide bonds. The Kier molecular flexibility index (Phi) is 5.08. The molecule has 1 aliphatic carbocycles. The summed E-state index contributed by atoms with van der Waals surface area (Å²) in [5.41, 5.74) is 1.00. The summed E-state index contributed by atoms with van der Waals surface area (Å²) in [5, 5.41) is 26.8. The molecule has 1 saturated carbocycles. The van der Waals surface area contributed by atoms with E-state index in [0.29, 0.717) is 10.2 Å². The van der Waals surface area contributed by atoms with E-state index in [9.17, 15) is 10.2 Å². The second kappa shape index (κ2) is 6.83. The molecule has 0 unspecified atom stereocenters. The van der Waals surface area contributed by atoms with Crippen LogP contribution in [0, 0.1) is 0 Å². The van der Waals surface area contributed by atoms with Gasteiger partial charge in [-0.1, -0.05) is 11.6 Å². The second-order valence-corrected chi connectivity index (χ2v) is 8.81. The predicted molar refractivity (Wildman–Crippen MR) is 102 cm³/mol. The molecule has 0 radical (unpaired) electrons. The molecule has 0 bridgehead atoms. The highest BCUT2D eigenvalue weighted by molar-refractivity contribution is 7.10. The van der Waals surface area contributed by atoms with E-state index in [1.54, 1.807) is 20.0 Å². The fraction of sp³-hybridized carbons (Fsp3) is 0.556. The Labute approximate surface area is 157 Å². The number of halogens is 1. The molecule has 0 spiro atoms. The van der Waals surface area contributed by atoms with Crippen LogP contribution in [0.1, 0.15) is 51.5 Å². The van der Waals surface area contributed by atoms with Crippen molar-refractivity contribution in [2.45, 2.75) is 63.7 Å². The minimum Gasteiger partial charge on any atom is -0.390 e. The monoisotopic (exact) mass is 381 g/mol. The summed E-state index contributed by atoms with van der Waals surface area (Å²) in [6.45, 7) is 5.34. The molecule has 2 aromatic rings. The van der Waals surface area contributed by atoms with Gasteiger partial charge in [-0.25, -0.2) is 9.97 Å². The van der Waals surface area contributed by atoms with Crippen LogP contribution in [0.15, 0.2) is 17.6 Å². The highest BCUT2D eigenvalue weighted by Crippen LogP contribution is 2.35. The van der Waals surface area contributed by atoms with Crippen molar-refractivity contribution < 1.29 is 10.2 Å². The van der Waals surface area contributed by atoms with Gasteiger partial charge in [0.1, 0.15) is 15.8 Å². The lowest BCUT2D eigenvalue weighted by atomic mass is 9.83. The van der Waals surface area contributed by atoms with Crippen LogP contribution in [0.3, 0.4) is 0 Å². The minimum atomic E-state index is -0.967. The fourth-order valence-electron chi connectivity index (χ4n) is 3.04. The number of pyridine rings is 1. The van der Waals surface area contributed by atoms with E-state index >= 15 is 0 Å². The average molecular weight is 382 g/mol. The smallest absolute Gasteiger partial charge is 0.131 e. The molecule has 0 aromatic carbocycles. The maximum Gasteiger partial charge on any atom is 0.131 e. The Morgan fingerprint density at radius 3 is 2.64 bits per heavy atom. The van der Waals surface area contributed by atoms with E-state index in [2.05, 4.69) is 15.3 Å². The molecule has 0 atom stereocenters. The first kappa shape index (κ1) is 18.6.